The minimum absolute atomic E-state index is 0.0153. The largest absolute Gasteiger partial charge is 0.444 e. The van der Waals surface area contributed by atoms with Gasteiger partial charge in [-0.1, -0.05) is 32.9 Å². The Morgan fingerprint density at radius 3 is 2.31 bits per heavy atom. The summed E-state index contributed by atoms with van der Waals surface area (Å²) >= 11 is 0. The third-order valence-electron chi connectivity index (χ3n) is 6.05. The van der Waals surface area contributed by atoms with Crippen LogP contribution in [0.5, 0.6) is 0 Å². The first kappa shape index (κ1) is 24.8. The van der Waals surface area contributed by atoms with Crippen LogP contribution in [0.25, 0.3) is 22.4 Å². The summed E-state index contributed by atoms with van der Waals surface area (Å²) in [5.74, 6) is 0. The Balaban J connectivity index is 1.55. The molecule has 3 aromatic rings. The van der Waals surface area contributed by atoms with Crippen molar-refractivity contribution in [2.75, 3.05) is 31.1 Å². The van der Waals surface area contributed by atoms with E-state index in [2.05, 4.69) is 37.8 Å². The Morgan fingerprint density at radius 2 is 1.69 bits per heavy atom. The van der Waals surface area contributed by atoms with E-state index >= 15 is 0 Å². The van der Waals surface area contributed by atoms with Gasteiger partial charge >= 0.3 is 11.8 Å². The zero-order valence-electron chi connectivity index (χ0n) is 22.0. The molecule has 0 aliphatic carbocycles. The number of aromatic nitrogens is 3. The highest BCUT2D eigenvalue weighted by atomic mass is 16.6. The number of aryl methyl sites for hydroxylation is 1. The SMILES string of the molecule is Cn1c(=O)n(CC(C)(C)C)c2ccc(-c3cccc(N4CCN(C(=O)OC(C)(C)C)CC4)c3)nc21. The summed E-state index contributed by atoms with van der Waals surface area (Å²) in [7, 11) is 1.78. The predicted molar refractivity (Wildman–Crippen MR) is 140 cm³/mol. The van der Waals surface area contributed by atoms with E-state index in [1.165, 1.54) is 0 Å². The van der Waals surface area contributed by atoms with Gasteiger partial charge in [0.25, 0.3) is 0 Å². The Kier molecular flexibility index (Phi) is 6.42. The third kappa shape index (κ3) is 5.52. The Morgan fingerprint density at radius 1 is 1.00 bits per heavy atom. The molecule has 4 rings (SSSR count). The van der Waals surface area contributed by atoms with E-state index in [1.807, 2.05) is 49.6 Å². The van der Waals surface area contributed by atoms with Gasteiger partial charge in [-0.15, -0.1) is 0 Å². The van der Waals surface area contributed by atoms with Crippen molar-refractivity contribution in [3.8, 4) is 11.3 Å². The molecular formula is C27H37N5O3. The van der Waals surface area contributed by atoms with Gasteiger partial charge in [-0.3, -0.25) is 9.13 Å². The molecule has 0 saturated carbocycles. The molecule has 1 aromatic carbocycles. The van der Waals surface area contributed by atoms with E-state index in [9.17, 15) is 9.59 Å². The fourth-order valence-corrected chi connectivity index (χ4v) is 4.40. The molecule has 35 heavy (non-hydrogen) atoms. The monoisotopic (exact) mass is 479 g/mol. The average molecular weight is 480 g/mol. The predicted octanol–water partition coefficient (Wildman–Crippen LogP) is 4.51. The number of anilines is 1. The van der Waals surface area contributed by atoms with Gasteiger partial charge in [-0.05, 0) is 50.5 Å². The second kappa shape index (κ2) is 9.06. The smallest absolute Gasteiger partial charge is 0.410 e. The number of rotatable bonds is 3. The lowest BCUT2D eigenvalue weighted by molar-refractivity contribution is 0.0240. The van der Waals surface area contributed by atoms with Gasteiger partial charge in [-0.2, -0.15) is 0 Å². The van der Waals surface area contributed by atoms with Crippen molar-refractivity contribution in [1.82, 2.24) is 19.0 Å². The fraction of sp³-hybridized carbons (Fsp3) is 0.519. The summed E-state index contributed by atoms with van der Waals surface area (Å²) in [5.41, 5.74) is 3.90. The molecule has 8 heteroatoms. The number of hydrogen-bond acceptors (Lipinski definition) is 5. The van der Waals surface area contributed by atoms with E-state index in [0.29, 0.717) is 25.3 Å². The van der Waals surface area contributed by atoms with E-state index in [-0.39, 0.29) is 17.2 Å². The Bertz CT molecular complexity index is 1280. The molecule has 0 N–H and O–H groups in total. The molecule has 0 radical (unpaired) electrons. The number of hydrogen-bond donors (Lipinski definition) is 0. The number of amides is 1. The lowest BCUT2D eigenvalue weighted by Gasteiger charge is -2.36. The number of pyridine rings is 1. The van der Waals surface area contributed by atoms with Crippen LogP contribution in [-0.4, -0.2) is 56.9 Å². The number of imidazole rings is 1. The minimum Gasteiger partial charge on any atom is -0.444 e. The molecular weight excluding hydrogens is 442 g/mol. The van der Waals surface area contributed by atoms with Crippen LogP contribution in [0.2, 0.25) is 0 Å². The van der Waals surface area contributed by atoms with E-state index < -0.39 is 5.60 Å². The second-order valence-electron chi connectivity index (χ2n) is 11.5. The first-order chi connectivity index (χ1) is 16.3. The number of fused-ring (bicyclic) bond motifs is 1. The highest BCUT2D eigenvalue weighted by Gasteiger charge is 2.26. The van der Waals surface area contributed by atoms with Gasteiger partial charge in [-0.25, -0.2) is 14.6 Å². The van der Waals surface area contributed by atoms with Crippen molar-refractivity contribution in [3.63, 3.8) is 0 Å². The van der Waals surface area contributed by atoms with Gasteiger partial charge in [0.15, 0.2) is 5.65 Å². The highest BCUT2D eigenvalue weighted by molar-refractivity contribution is 5.77. The minimum atomic E-state index is -0.492. The Hall–Kier alpha value is -3.29. The molecule has 0 spiro atoms. The van der Waals surface area contributed by atoms with Crippen LogP contribution in [-0.2, 0) is 18.3 Å². The van der Waals surface area contributed by atoms with Crippen molar-refractivity contribution in [1.29, 1.82) is 0 Å². The van der Waals surface area contributed by atoms with Gasteiger partial charge in [0.05, 0.1) is 11.2 Å². The highest BCUT2D eigenvalue weighted by Crippen LogP contribution is 2.27. The molecule has 2 aromatic heterocycles. The second-order valence-corrected chi connectivity index (χ2v) is 11.5. The number of piperazine rings is 1. The van der Waals surface area contributed by atoms with Gasteiger partial charge in [0.2, 0.25) is 0 Å². The summed E-state index contributed by atoms with van der Waals surface area (Å²) in [6, 6.07) is 12.3. The molecule has 3 heterocycles. The molecule has 1 aliphatic heterocycles. The molecule has 1 aliphatic rings. The fourth-order valence-electron chi connectivity index (χ4n) is 4.40. The molecule has 1 fully saturated rings. The summed E-state index contributed by atoms with van der Waals surface area (Å²) in [5, 5.41) is 0. The number of benzene rings is 1. The zero-order chi connectivity index (χ0) is 25.5. The van der Waals surface area contributed by atoms with Crippen LogP contribution in [0, 0.1) is 5.41 Å². The van der Waals surface area contributed by atoms with Crippen LogP contribution < -0.4 is 10.6 Å². The van der Waals surface area contributed by atoms with Crippen LogP contribution in [0.1, 0.15) is 41.5 Å². The molecule has 0 atom stereocenters. The lowest BCUT2D eigenvalue weighted by Crippen LogP contribution is -2.50. The standard InChI is InChI=1S/C27H37N5O3/c1-26(2,3)18-32-22-12-11-21(28-23(22)29(7)24(32)33)19-9-8-10-20(17-19)30-13-15-31(16-14-30)25(34)35-27(4,5)6/h8-12,17H,13-16,18H2,1-7H3. The molecule has 188 valence electrons. The van der Waals surface area contributed by atoms with Crippen LogP contribution in [0.15, 0.2) is 41.2 Å². The molecule has 0 unspecified atom stereocenters. The third-order valence-corrected chi connectivity index (χ3v) is 6.05. The van der Waals surface area contributed by atoms with Crippen molar-refractivity contribution >= 4 is 22.9 Å². The van der Waals surface area contributed by atoms with E-state index in [1.54, 1.807) is 16.5 Å². The van der Waals surface area contributed by atoms with Crippen LogP contribution in [0.3, 0.4) is 0 Å². The maximum atomic E-state index is 12.9. The van der Waals surface area contributed by atoms with E-state index in [4.69, 9.17) is 9.72 Å². The zero-order valence-corrected chi connectivity index (χ0v) is 22.0. The maximum absolute atomic E-state index is 12.9. The topological polar surface area (TPSA) is 72.6 Å². The lowest BCUT2D eigenvalue weighted by atomic mass is 9.97. The van der Waals surface area contributed by atoms with Gasteiger partial charge < -0.3 is 14.5 Å². The summed E-state index contributed by atoms with van der Waals surface area (Å²) < 4.78 is 8.95. The quantitative estimate of drug-likeness (QED) is 0.553. The van der Waals surface area contributed by atoms with Crippen molar-refractivity contribution < 1.29 is 9.53 Å². The maximum Gasteiger partial charge on any atom is 0.410 e. The summed E-state index contributed by atoms with van der Waals surface area (Å²) in [6.45, 7) is 15.4. The summed E-state index contributed by atoms with van der Waals surface area (Å²) in [6.07, 6.45) is -0.257. The van der Waals surface area contributed by atoms with Crippen LogP contribution in [0.4, 0.5) is 10.5 Å². The van der Waals surface area contributed by atoms with Crippen molar-refractivity contribution in [2.45, 2.75) is 53.7 Å². The molecule has 1 saturated heterocycles. The van der Waals surface area contributed by atoms with Crippen molar-refractivity contribution in [3.05, 3.63) is 46.9 Å². The average Bonchev–Trinajstić information content (AvgIpc) is 3.01. The first-order valence-electron chi connectivity index (χ1n) is 12.2. The first-order valence-corrected chi connectivity index (χ1v) is 12.2. The normalized spacial score (nSPS) is 15.1. The number of ether oxygens (including phenoxy) is 1. The number of carbonyl (C=O) groups is 1. The molecule has 8 nitrogen and oxygen atoms in total. The summed E-state index contributed by atoms with van der Waals surface area (Å²) in [4.78, 5) is 34.2. The Labute approximate surface area is 207 Å². The number of carbonyl (C=O) groups excluding carboxylic acids is 1. The molecule has 1 amide bonds. The van der Waals surface area contributed by atoms with E-state index in [0.717, 1.165) is 35.6 Å². The number of nitrogens with zero attached hydrogens (tertiary/aromatic N) is 5. The van der Waals surface area contributed by atoms with Gasteiger partial charge in [0, 0.05) is 51.0 Å². The van der Waals surface area contributed by atoms with Crippen molar-refractivity contribution in [2.24, 2.45) is 12.5 Å². The van der Waals surface area contributed by atoms with Gasteiger partial charge in [0.1, 0.15) is 5.60 Å². The molecule has 0 bridgehead atoms. The van der Waals surface area contributed by atoms with Crippen LogP contribution >= 0.6 is 0 Å².